The van der Waals surface area contributed by atoms with Crippen molar-refractivity contribution in [1.29, 1.82) is 0 Å². The number of ether oxygens (including phenoxy) is 3. The molecule has 0 aliphatic heterocycles. The number of anilines is 1. The predicted octanol–water partition coefficient (Wildman–Crippen LogP) is 3.88. The molecule has 2 aromatic carbocycles. The van der Waals surface area contributed by atoms with Gasteiger partial charge in [0.25, 0.3) is 0 Å². The number of hydrogen-bond donors (Lipinski definition) is 1. The van der Waals surface area contributed by atoms with Crippen molar-refractivity contribution in [2.75, 3.05) is 26.6 Å². The molecule has 0 saturated heterocycles. The van der Waals surface area contributed by atoms with E-state index < -0.39 is 0 Å². The summed E-state index contributed by atoms with van der Waals surface area (Å²) in [6.07, 6.45) is 3.10. The minimum absolute atomic E-state index is 0.308. The minimum Gasteiger partial charge on any atom is -0.496 e. The molecular weight excluding hydrogens is 378 g/mol. The Kier molecular flexibility index (Phi) is 6.23. The number of benzene rings is 2. The van der Waals surface area contributed by atoms with Gasteiger partial charge in [0.15, 0.2) is 16.5 Å². The van der Waals surface area contributed by atoms with E-state index in [1.165, 1.54) is 17.4 Å². The normalized spacial score (nSPS) is 10.7. The lowest BCUT2D eigenvalue weighted by Gasteiger charge is -2.07. The fourth-order valence-corrected chi connectivity index (χ4v) is 3.26. The van der Waals surface area contributed by atoms with Gasteiger partial charge < -0.3 is 14.2 Å². The highest BCUT2D eigenvalue weighted by Crippen LogP contribution is 2.33. The van der Waals surface area contributed by atoms with Gasteiger partial charge in [-0.15, -0.1) is 10.2 Å². The highest BCUT2D eigenvalue weighted by molar-refractivity contribution is 7.18. The van der Waals surface area contributed by atoms with E-state index in [1.807, 2.05) is 30.3 Å². The van der Waals surface area contributed by atoms with Gasteiger partial charge in [-0.05, 0) is 35.9 Å². The first-order valence-electron chi connectivity index (χ1n) is 8.32. The maximum absolute atomic E-state index is 12.2. The van der Waals surface area contributed by atoms with Crippen LogP contribution in [0.1, 0.15) is 5.56 Å². The molecule has 0 unspecified atom stereocenters. The van der Waals surface area contributed by atoms with E-state index in [0.29, 0.717) is 27.4 Å². The molecule has 144 valence electrons. The van der Waals surface area contributed by atoms with Crippen LogP contribution in [0, 0.1) is 0 Å². The molecule has 0 bridgehead atoms. The van der Waals surface area contributed by atoms with Gasteiger partial charge in [0, 0.05) is 6.08 Å². The third kappa shape index (κ3) is 4.47. The number of nitrogens with one attached hydrogen (secondary N) is 1. The predicted molar refractivity (Wildman–Crippen MR) is 109 cm³/mol. The molecule has 1 amide bonds. The van der Waals surface area contributed by atoms with Gasteiger partial charge in [-0.3, -0.25) is 10.1 Å². The Morgan fingerprint density at radius 2 is 1.71 bits per heavy atom. The number of amides is 1. The van der Waals surface area contributed by atoms with Crippen LogP contribution in [0.4, 0.5) is 5.13 Å². The van der Waals surface area contributed by atoms with E-state index in [0.717, 1.165) is 11.1 Å². The van der Waals surface area contributed by atoms with Crippen molar-refractivity contribution < 1.29 is 19.0 Å². The average Bonchev–Trinajstić information content (AvgIpc) is 3.20. The van der Waals surface area contributed by atoms with E-state index in [1.54, 1.807) is 39.5 Å². The maximum Gasteiger partial charge on any atom is 0.250 e. The highest BCUT2D eigenvalue weighted by Gasteiger charge is 2.12. The number of hydrogen-bond acceptors (Lipinski definition) is 7. The quantitative estimate of drug-likeness (QED) is 0.609. The second kappa shape index (κ2) is 9.01. The first-order valence-corrected chi connectivity index (χ1v) is 9.14. The maximum atomic E-state index is 12.2. The average molecular weight is 397 g/mol. The lowest BCUT2D eigenvalue weighted by atomic mass is 10.2. The summed E-state index contributed by atoms with van der Waals surface area (Å²) in [5.41, 5.74) is 1.63. The molecule has 0 atom stereocenters. The smallest absolute Gasteiger partial charge is 0.250 e. The van der Waals surface area contributed by atoms with Gasteiger partial charge in [0.2, 0.25) is 11.0 Å². The molecule has 1 heterocycles. The summed E-state index contributed by atoms with van der Waals surface area (Å²) in [5, 5.41) is 11.9. The number of aromatic nitrogens is 2. The zero-order chi connectivity index (χ0) is 19.9. The lowest BCUT2D eigenvalue weighted by Crippen LogP contribution is -2.07. The van der Waals surface area contributed by atoms with Crippen molar-refractivity contribution in [3.05, 3.63) is 54.1 Å². The van der Waals surface area contributed by atoms with Gasteiger partial charge in [-0.25, -0.2) is 0 Å². The number of rotatable bonds is 7. The lowest BCUT2D eigenvalue weighted by molar-refractivity contribution is -0.111. The first-order chi connectivity index (χ1) is 13.6. The third-order valence-electron chi connectivity index (χ3n) is 3.83. The van der Waals surface area contributed by atoms with Crippen LogP contribution in [-0.2, 0) is 4.79 Å². The molecule has 8 heteroatoms. The molecule has 0 aliphatic carbocycles. The SMILES string of the molecule is COc1ccc(/C=C/C(=O)Nc2nnc(-c3ccccc3OC)s2)cc1OC. The van der Waals surface area contributed by atoms with E-state index in [2.05, 4.69) is 15.5 Å². The zero-order valence-electron chi connectivity index (χ0n) is 15.6. The fraction of sp³-hybridized carbons (Fsp3) is 0.150. The Morgan fingerprint density at radius 3 is 2.46 bits per heavy atom. The van der Waals surface area contributed by atoms with E-state index in [-0.39, 0.29) is 5.91 Å². The summed E-state index contributed by atoms with van der Waals surface area (Å²) in [6.45, 7) is 0. The van der Waals surface area contributed by atoms with Crippen LogP contribution in [0.25, 0.3) is 16.6 Å². The van der Waals surface area contributed by atoms with Crippen LogP contribution in [0.3, 0.4) is 0 Å². The van der Waals surface area contributed by atoms with E-state index in [4.69, 9.17) is 14.2 Å². The van der Waals surface area contributed by atoms with Gasteiger partial charge in [-0.1, -0.05) is 29.5 Å². The highest BCUT2D eigenvalue weighted by atomic mass is 32.1. The molecular formula is C20H19N3O4S. The Balaban J connectivity index is 1.69. The summed E-state index contributed by atoms with van der Waals surface area (Å²) >= 11 is 1.27. The first kappa shape index (κ1) is 19.4. The Labute approximate surface area is 166 Å². The van der Waals surface area contributed by atoms with Crippen molar-refractivity contribution in [2.45, 2.75) is 0 Å². The molecule has 0 radical (unpaired) electrons. The Morgan fingerprint density at radius 1 is 0.964 bits per heavy atom. The second-order valence-corrected chi connectivity index (χ2v) is 6.53. The molecule has 1 N–H and O–H groups in total. The number of carbonyl (C=O) groups is 1. The topological polar surface area (TPSA) is 82.6 Å². The van der Waals surface area contributed by atoms with Crippen molar-refractivity contribution >= 4 is 28.5 Å². The van der Waals surface area contributed by atoms with Crippen LogP contribution in [0.15, 0.2) is 48.5 Å². The number of methoxy groups -OCH3 is 3. The van der Waals surface area contributed by atoms with Crippen molar-refractivity contribution in [3.8, 4) is 27.8 Å². The van der Waals surface area contributed by atoms with Crippen LogP contribution < -0.4 is 19.5 Å². The summed E-state index contributed by atoms with van der Waals surface area (Å²) < 4.78 is 15.8. The molecule has 1 aromatic heterocycles. The molecule has 0 spiro atoms. The van der Waals surface area contributed by atoms with Crippen LogP contribution in [0.2, 0.25) is 0 Å². The molecule has 3 rings (SSSR count). The van der Waals surface area contributed by atoms with Crippen molar-refractivity contribution in [3.63, 3.8) is 0 Å². The molecule has 7 nitrogen and oxygen atoms in total. The second-order valence-electron chi connectivity index (χ2n) is 5.55. The fourth-order valence-electron chi connectivity index (χ4n) is 2.48. The summed E-state index contributed by atoms with van der Waals surface area (Å²) in [7, 11) is 4.73. The summed E-state index contributed by atoms with van der Waals surface area (Å²) in [4.78, 5) is 12.2. The third-order valence-corrected chi connectivity index (χ3v) is 4.70. The molecule has 3 aromatic rings. The number of carbonyl (C=O) groups excluding carboxylic acids is 1. The number of para-hydroxylation sites is 1. The van der Waals surface area contributed by atoms with E-state index in [9.17, 15) is 4.79 Å². The molecule has 0 fully saturated rings. The van der Waals surface area contributed by atoms with Crippen LogP contribution in [-0.4, -0.2) is 37.4 Å². The molecule has 28 heavy (non-hydrogen) atoms. The summed E-state index contributed by atoms with van der Waals surface area (Å²) in [5.74, 6) is 1.61. The number of nitrogens with zero attached hydrogens (tertiary/aromatic N) is 2. The Hall–Kier alpha value is -3.39. The van der Waals surface area contributed by atoms with Crippen molar-refractivity contribution in [2.24, 2.45) is 0 Å². The van der Waals surface area contributed by atoms with E-state index >= 15 is 0 Å². The largest absolute Gasteiger partial charge is 0.496 e. The zero-order valence-corrected chi connectivity index (χ0v) is 16.4. The Bertz CT molecular complexity index is 1000. The standard InChI is InChI=1S/C20H19N3O4S/c1-25-15-7-5-4-6-14(15)19-22-23-20(28-19)21-18(24)11-9-13-8-10-16(26-2)17(12-13)27-3/h4-12H,1-3H3,(H,21,23,24)/b11-9+. The van der Waals surface area contributed by atoms with Crippen LogP contribution in [0.5, 0.6) is 17.2 Å². The van der Waals surface area contributed by atoms with Gasteiger partial charge >= 0.3 is 0 Å². The molecule has 0 saturated carbocycles. The van der Waals surface area contributed by atoms with Gasteiger partial charge in [0.1, 0.15) is 5.75 Å². The minimum atomic E-state index is -0.308. The molecule has 0 aliphatic rings. The van der Waals surface area contributed by atoms with Gasteiger partial charge in [0.05, 0.1) is 26.9 Å². The summed E-state index contributed by atoms with van der Waals surface area (Å²) in [6, 6.07) is 12.9. The van der Waals surface area contributed by atoms with Gasteiger partial charge in [-0.2, -0.15) is 0 Å². The van der Waals surface area contributed by atoms with Crippen molar-refractivity contribution in [1.82, 2.24) is 10.2 Å². The monoisotopic (exact) mass is 397 g/mol. The van der Waals surface area contributed by atoms with Crippen LogP contribution >= 0.6 is 11.3 Å².